The Morgan fingerprint density at radius 3 is 2.31 bits per heavy atom. The van der Waals surface area contributed by atoms with Crippen molar-refractivity contribution in [2.45, 2.75) is 27.7 Å². The van der Waals surface area contributed by atoms with Gasteiger partial charge >= 0.3 is 0 Å². The smallest absolute Gasteiger partial charge is 0.253 e. The third-order valence-electron chi connectivity index (χ3n) is 5.69. The lowest BCUT2D eigenvalue weighted by atomic mass is 9.79. The molecule has 1 aromatic carbocycles. The Bertz CT molecular complexity index is 868. The van der Waals surface area contributed by atoms with Gasteiger partial charge in [0.1, 0.15) is 0 Å². The summed E-state index contributed by atoms with van der Waals surface area (Å²) in [6.45, 7) is 11.1. The van der Waals surface area contributed by atoms with Gasteiger partial charge < -0.3 is 9.80 Å². The van der Waals surface area contributed by atoms with Gasteiger partial charge in [0.2, 0.25) is 5.91 Å². The third kappa shape index (κ3) is 2.77. The average molecular weight is 354 g/mol. The molecule has 4 rings (SSSR count). The zero-order chi connectivity index (χ0) is 18.6. The Morgan fingerprint density at radius 1 is 1.08 bits per heavy atom. The van der Waals surface area contributed by atoms with Gasteiger partial charge in [-0.1, -0.05) is 20.8 Å². The molecule has 2 aromatic rings. The molecule has 1 N–H and O–H groups in total. The number of hydrogen-bond acceptors (Lipinski definition) is 3. The molecule has 2 aliphatic rings. The van der Waals surface area contributed by atoms with E-state index in [9.17, 15) is 9.59 Å². The summed E-state index contributed by atoms with van der Waals surface area (Å²) in [5, 5.41) is 8.16. The molecule has 0 atom stereocenters. The van der Waals surface area contributed by atoms with Crippen LogP contribution < -0.4 is 0 Å². The fourth-order valence-corrected chi connectivity index (χ4v) is 3.88. The number of hydrogen-bond donors (Lipinski definition) is 1. The lowest BCUT2D eigenvalue weighted by Gasteiger charge is -2.51. The van der Waals surface area contributed by atoms with Crippen LogP contribution in [0.1, 0.15) is 36.8 Å². The standard InChI is InChI=1S/C20H26N4O2/c1-12-16-7-13(5-6-17(16)22-21-12)18(25)23-8-14(9-23)15-10-24(11-15)19(26)20(2,3)4/h5-7,14-15H,8-11H2,1-4H3,(H,21,22). The molecule has 6 heteroatoms. The molecule has 0 spiro atoms. The predicted octanol–water partition coefficient (Wildman–Crippen LogP) is 2.45. The van der Waals surface area contributed by atoms with Crippen LogP contribution in [-0.4, -0.2) is 58.0 Å². The number of benzene rings is 1. The quantitative estimate of drug-likeness (QED) is 0.901. The highest BCUT2D eigenvalue weighted by molar-refractivity contribution is 5.98. The van der Waals surface area contributed by atoms with Crippen molar-refractivity contribution < 1.29 is 9.59 Å². The number of nitrogens with one attached hydrogen (secondary N) is 1. The Morgan fingerprint density at radius 2 is 1.69 bits per heavy atom. The number of carbonyl (C=O) groups is 2. The van der Waals surface area contributed by atoms with Crippen molar-refractivity contribution in [1.82, 2.24) is 20.0 Å². The number of H-pyrrole nitrogens is 1. The second-order valence-corrected chi connectivity index (χ2v) is 8.77. The van der Waals surface area contributed by atoms with E-state index in [1.807, 2.05) is 55.7 Å². The lowest BCUT2D eigenvalue weighted by Crippen LogP contribution is -2.62. The van der Waals surface area contributed by atoms with Crippen LogP contribution in [-0.2, 0) is 4.79 Å². The number of aryl methyl sites for hydroxylation is 1. The molecule has 2 aliphatic heterocycles. The van der Waals surface area contributed by atoms with Gasteiger partial charge in [-0.05, 0) is 25.1 Å². The maximum atomic E-state index is 12.7. The highest BCUT2D eigenvalue weighted by Crippen LogP contribution is 2.34. The van der Waals surface area contributed by atoms with E-state index < -0.39 is 0 Å². The Labute approximate surface area is 153 Å². The SMILES string of the molecule is Cc1[nH]nc2ccc(C(=O)N3CC(C4CN(C(=O)C(C)(C)C)C4)C3)cc12. The van der Waals surface area contributed by atoms with E-state index in [1.54, 1.807) is 0 Å². The van der Waals surface area contributed by atoms with E-state index in [0.29, 0.717) is 11.8 Å². The molecule has 2 amide bonds. The minimum atomic E-state index is -0.309. The average Bonchev–Trinajstić information content (AvgIpc) is 2.87. The molecule has 1 aromatic heterocycles. The van der Waals surface area contributed by atoms with Crippen LogP contribution in [0.2, 0.25) is 0 Å². The van der Waals surface area contributed by atoms with Gasteiger partial charge in [0.15, 0.2) is 0 Å². The van der Waals surface area contributed by atoms with Crippen molar-refractivity contribution in [2.24, 2.45) is 17.3 Å². The maximum absolute atomic E-state index is 12.7. The van der Waals surface area contributed by atoms with Crippen LogP contribution in [0.5, 0.6) is 0 Å². The molecule has 0 bridgehead atoms. The summed E-state index contributed by atoms with van der Waals surface area (Å²) in [6.07, 6.45) is 0. The molecule has 6 nitrogen and oxygen atoms in total. The van der Waals surface area contributed by atoms with Gasteiger partial charge in [-0.2, -0.15) is 5.10 Å². The molecule has 3 heterocycles. The number of nitrogens with zero attached hydrogens (tertiary/aromatic N) is 3. The Kier molecular flexibility index (Phi) is 3.82. The molecule has 26 heavy (non-hydrogen) atoms. The topological polar surface area (TPSA) is 69.3 Å². The van der Waals surface area contributed by atoms with Crippen LogP contribution in [0.4, 0.5) is 0 Å². The predicted molar refractivity (Wildman–Crippen MR) is 99.7 cm³/mol. The van der Waals surface area contributed by atoms with Gasteiger partial charge in [-0.15, -0.1) is 0 Å². The van der Waals surface area contributed by atoms with Crippen LogP contribution in [0.25, 0.3) is 10.9 Å². The number of amides is 2. The summed E-state index contributed by atoms with van der Waals surface area (Å²) < 4.78 is 0. The van der Waals surface area contributed by atoms with Crippen molar-refractivity contribution in [1.29, 1.82) is 0 Å². The second kappa shape index (κ2) is 5.83. The van der Waals surface area contributed by atoms with Crippen molar-refractivity contribution in [2.75, 3.05) is 26.2 Å². The Balaban J connectivity index is 1.33. The van der Waals surface area contributed by atoms with Crippen LogP contribution in [0.15, 0.2) is 18.2 Å². The monoisotopic (exact) mass is 354 g/mol. The van der Waals surface area contributed by atoms with Gasteiger partial charge in [0, 0.05) is 60.1 Å². The first-order valence-electron chi connectivity index (χ1n) is 9.27. The van der Waals surface area contributed by atoms with E-state index in [-0.39, 0.29) is 17.2 Å². The number of rotatable bonds is 2. The van der Waals surface area contributed by atoms with Crippen LogP contribution >= 0.6 is 0 Å². The normalized spacial score (nSPS) is 18.8. The fourth-order valence-electron chi connectivity index (χ4n) is 3.88. The lowest BCUT2D eigenvalue weighted by molar-refractivity contribution is -0.149. The summed E-state index contributed by atoms with van der Waals surface area (Å²) in [5.41, 5.74) is 2.28. The number of fused-ring (bicyclic) bond motifs is 1. The summed E-state index contributed by atoms with van der Waals surface area (Å²) >= 11 is 0. The second-order valence-electron chi connectivity index (χ2n) is 8.77. The van der Waals surface area contributed by atoms with Crippen LogP contribution in [0, 0.1) is 24.2 Å². The van der Waals surface area contributed by atoms with E-state index in [1.165, 1.54) is 0 Å². The Hall–Kier alpha value is -2.37. The van der Waals surface area contributed by atoms with Crippen molar-refractivity contribution in [3.8, 4) is 0 Å². The van der Waals surface area contributed by atoms with Crippen molar-refractivity contribution >= 4 is 22.7 Å². The van der Waals surface area contributed by atoms with E-state index in [4.69, 9.17) is 0 Å². The molecule has 0 unspecified atom stereocenters. The first-order chi connectivity index (χ1) is 12.2. The number of aromatic amines is 1. The van der Waals surface area contributed by atoms with Gasteiger partial charge in [-0.25, -0.2) is 0 Å². The summed E-state index contributed by atoms with van der Waals surface area (Å²) in [5.74, 6) is 1.36. The summed E-state index contributed by atoms with van der Waals surface area (Å²) in [6, 6.07) is 5.67. The van der Waals surface area contributed by atoms with Crippen molar-refractivity contribution in [3.63, 3.8) is 0 Å². The summed E-state index contributed by atoms with van der Waals surface area (Å²) in [4.78, 5) is 28.8. The molecule has 2 saturated heterocycles. The first kappa shape index (κ1) is 17.1. The zero-order valence-electron chi connectivity index (χ0n) is 15.9. The third-order valence-corrected chi connectivity index (χ3v) is 5.69. The fraction of sp³-hybridized carbons (Fsp3) is 0.550. The molecule has 2 fully saturated rings. The molecule has 0 saturated carbocycles. The van der Waals surface area contributed by atoms with Gasteiger partial charge in [0.25, 0.3) is 5.91 Å². The highest BCUT2D eigenvalue weighted by Gasteiger charge is 2.44. The molecule has 0 aliphatic carbocycles. The van der Waals surface area contributed by atoms with E-state index in [0.717, 1.165) is 48.3 Å². The largest absolute Gasteiger partial charge is 0.342 e. The number of carbonyl (C=O) groups excluding carboxylic acids is 2. The van der Waals surface area contributed by atoms with Crippen LogP contribution in [0.3, 0.4) is 0 Å². The van der Waals surface area contributed by atoms with E-state index >= 15 is 0 Å². The molecule has 138 valence electrons. The number of likely N-dealkylation sites (tertiary alicyclic amines) is 2. The zero-order valence-corrected chi connectivity index (χ0v) is 15.9. The van der Waals surface area contributed by atoms with Crippen molar-refractivity contribution in [3.05, 3.63) is 29.5 Å². The van der Waals surface area contributed by atoms with E-state index in [2.05, 4.69) is 10.2 Å². The van der Waals surface area contributed by atoms with Gasteiger partial charge in [0.05, 0.1) is 5.52 Å². The molecular formula is C20H26N4O2. The molecule has 0 radical (unpaired) electrons. The minimum absolute atomic E-state index is 0.0886. The first-order valence-corrected chi connectivity index (χ1v) is 9.27. The molecular weight excluding hydrogens is 328 g/mol. The van der Waals surface area contributed by atoms with Gasteiger partial charge in [-0.3, -0.25) is 14.7 Å². The maximum Gasteiger partial charge on any atom is 0.253 e. The minimum Gasteiger partial charge on any atom is -0.342 e. The number of aromatic nitrogens is 2. The highest BCUT2D eigenvalue weighted by atomic mass is 16.2. The summed E-state index contributed by atoms with van der Waals surface area (Å²) in [7, 11) is 0.